The second-order valence-electron chi connectivity index (χ2n) is 4.35. The smallest absolute Gasteiger partial charge is 0.254 e. The van der Waals surface area contributed by atoms with Crippen molar-refractivity contribution in [2.45, 2.75) is 32.3 Å². The van der Waals surface area contributed by atoms with E-state index in [4.69, 9.17) is 5.73 Å². The molecular weight excluding hydrogens is 235 g/mol. The second-order valence-corrected chi connectivity index (χ2v) is 4.35. The van der Waals surface area contributed by atoms with Gasteiger partial charge < -0.3 is 16.2 Å². The van der Waals surface area contributed by atoms with E-state index >= 15 is 0 Å². The molecule has 0 atom stereocenters. The summed E-state index contributed by atoms with van der Waals surface area (Å²) in [5.74, 6) is -1.20. The van der Waals surface area contributed by atoms with Crippen molar-refractivity contribution in [2.75, 3.05) is 12.3 Å². The van der Waals surface area contributed by atoms with Gasteiger partial charge in [0.25, 0.3) is 5.91 Å². The third-order valence-electron chi connectivity index (χ3n) is 3.13. The highest BCUT2D eigenvalue weighted by molar-refractivity contribution is 5.95. The summed E-state index contributed by atoms with van der Waals surface area (Å²) in [6.45, 7) is 3.75. The van der Waals surface area contributed by atoms with E-state index in [0.29, 0.717) is 18.5 Å². The van der Waals surface area contributed by atoms with Gasteiger partial charge in [-0.3, -0.25) is 4.79 Å². The Hall–Kier alpha value is -1.62. The number of halogens is 1. The van der Waals surface area contributed by atoms with Gasteiger partial charge in [-0.1, -0.05) is 13.8 Å². The molecule has 1 aromatic carbocycles. The third-order valence-corrected chi connectivity index (χ3v) is 3.13. The molecule has 100 valence electrons. The van der Waals surface area contributed by atoms with Gasteiger partial charge in [0.1, 0.15) is 5.82 Å². The minimum atomic E-state index is -0.952. The lowest BCUT2D eigenvalue weighted by atomic mass is 9.97. The summed E-state index contributed by atoms with van der Waals surface area (Å²) in [4.78, 5) is 11.8. The van der Waals surface area contributed by atoms with E-state index in [-0.39, 0.29) is 12.1 Å². The first kappa shape index (κ1) is 14.4. The largest absolute Gasteiger partial charge is 0.399 e. The number of hydrogen-bond acceptors (Lipinski definition) is 3. The predicted octanol–water partition coefficient (Wildman–Crippen LogP) is 1.69. The number of nitrogens with two attached hydrogens (primary N) is 1. The van der Waals surface area contributed by atoms with Gasteiger partial charge in [-0.25, -0.2) is 4.39 Å². The third kappa shape index (κ3) is 3.43. The van der Waals surface area contributed by atoms with Crippen molar-refractivity contribution in [3.8, 4) is 0 Å². The zero-order valence-corrected chi connectivity index (χ0v) is 10.7. The Morgan fingerprint density at radius 2 is 2.06 bits per heavy atom. The molecule has 0 spiro atoms. The SMILES string of the molecule is CCC(O)(CC)CNC(=O)c1cc(N)ccc1F. The highest BCUT2D eigenvalue weighted by atomic mass is 19.1. The average molecular weight is 254 g/mol. The van der Waals surface area contributed by atoms with Gasteiger partial charge in [0, 0.05) is 12.2 Å². The molecule has 0 aliphatic heterocycles. The highest BCUT2D eigenvalue weighted by Crippen LogP contribution is 2.15. The molecule has 0 aliphatic rings. The van der Waals surface area contributed by atoms with Crippen molar-refractivity contribution >= 4 is 11.6 Å². The maximum Gasteiger partial charge on any atom is 0.254 e. The van der Waals surface area contributed by atoms with Gasteiger partial charge in [0.2, 0.25) is 0 Å². The number of rotatable bonds is 5. The van der Waals surface area contributed by atoms with Crippen molar-refractivity contribution in [1.82, 2.24) is 5.32 Å². The fourth-order valence-electron chi connectivity index (χ4n) is 1.56. The molecule has 18 heavy (non-hydrogen) atoms. The number of hydrogen-bond donors (Lipinski definition) is 3. The maximum absolute atomic E-state index is 13.4. The van der Waals surface area contributed by atoms with Gasteiger partial charge in [-0.2, -0.15) is 0 Å². The zero-order chi connectivity index (χ0) is 13.8. The highest BCUT2D eigenvalue weighted by Gasteiger charge is 2.23. The standard InChI is InChI=1S/C13H19FN2O2/c1-3-13(18,4-2)8-16-12(17)10-7-9(15)5-6-11(10)14/h5-7,18H,3-4,8,15H2,1-2H3,(H,16,17). The number of aliphatic hydroxyl groups is 1. The molecular formula is C13H19FN2O2. The fourth-order valence-corrected chi connectivity index (χ4v) is 1.56. The minimum absolute atomic E-state index is 0.0903. The first-order chi connectivity index (χ1) is 8.41. The van der Waals surface area contributed by atoms with Crippen molar-refractivity contribution in [3.05, 3.63) is 29.6 Å². The van der Waals surface area contributed by atoms with Crippen LogP contribution in [0.15, 0.2) is 18.2 Å². The van der Waals surface area contributed by atoms with Crippen LogP contribution in [-0.4, -0.2) is 23.2 Å². The number of anilines is 1. The van der Waals surface area contributed by atoms with Crippen LogP contribution >= 0.6 is 0 Å². The number of carbonyl (C=O) groups excluding carboxylic acids is 1. The first-order valence-corrected chi connectivity index (χ1v) is 5.97. The van der Waals surface area contributed by atoms with Crippen molar-refractivity contribution in [1.29, 1.82) is 0 Å². The van der Waals surface area contributed by atoms with Crippen LogP contribution in [0.1, 0.15) is 37.0 Å². The second kappa shape index (κ2) is 5.82. The summed E-state index contributed by atoms with van der Waals surface area (Å²) in [6, 6.07) is 3.82. The van der Waals surface area contributed by atoms with E-state index in [1.54, 1.807) is 0 Å². The maximum atomic E-state index is 13.4. The molecule has 1 rings (SSSR count). The van der Waals surface area contributed by atoms with Crippen LogP contribution in [0.4, 0.5) is 10.1 Å². The molecule has 0 aliphatic carbocycles. The predicted molar refractivity (Wildman–Crippen MR) is 68.7 cm³/mol. The van der Waals surface area contributed by atoms with E-state index in [1.807, 2.05) is 13.8 Å². The molecule has 5 heteroatoms. The Morgan fingerprint density at radius 1 is 1.44 bits per heavy atom. The fraction of sp³-hybridized carbons (Fsp3) is 0.462. The number of nitrogens with one attached hydrogen (secondary N) is 1. The summed E-state index contributed by atoms with van der Waals surface area (Å²) in [7, 11) is 0. The summed E-state index contributed by atoms with van der Waals surface area (Å²) in [5, 5.41) is 12.5. The Labute approximate surface area is 106 Å². The summed E-state index contributed by atoms with van der Waals surface area (Å²) in [5.41, 5.74) is 4.77. The van der Waals surface area contributed by atoms with E-state index in [2.05, 4.69) is 5.32 Å². The van der Waals surface area contributed by atoms with E-state index < -0.39 is 17.3 Å². The van der Waals surface area contributed by atoms with Crippen LogP contribution in [0.25, 0.3) is 0 Å². The van der Waals surface area contributed by atoms with Crippen molar-refractivity contribution in [3.63, 3.8) is 0 Å². The molecule has 0 fully saturated rings. The monoisotopic (exact) mass is 254 g/mol. The van der Waals surface area contributed by atoms with Crippen LogP contribution in [-0.2, 0) is 0 Å². The Balaban J connectivity index is 2.74. The molecule has 0 saturated carbocycles. The molecule has 0 saturated heterocycles. The summed E-state index contributed by atoms with van der Waals surface area (Å²) >= 11 is 0. The molecule has 1 aromatic rings. The lowest BCUT2D eigenvalue weighted by Gasteiger charge is -2.25. The number of benzene rings is 1. The van der Waals surface area contributed by atoms with Crippen LogP contribution in [0.5, 0.6) is 0 Å². The Kier molecular flexibility index (Phi) is 4.67. The van der Waals surface area contributed by atoms with Crippen molar-refractivity contribution in [2.24, 2.45) is 0 Å². The topological polar surface area (TPSA) is 75.3 Å². The quantitative estimate of drug-likeness (QED) is 0.700. The lowest BCUT2D eigenvalue weighted by Crippen LogP contribution is -2.42. The summed E-state index contributed by atoms with van der Waals surface area (Å²) < 4.78 is 13.4. The molecule has 0 unspecified atom stereocenters. The number of nitrogen functional groups attached to an aromatic ring is 1. The first-order valence-electron chi connectivity index (χ1n) is 5.97. The average Bonchev–Trinajstić information content (AvgIpc) is 2.38. The van der Waals surface area contributed by atoms with Crippen LogP contribution in [0, 0.1) is 5.82 Å². The number of amides is 1. The van der Waals surface area contributed by atoms with E-state index in [0.717, 1.165) is 6.07 Å². The molecule has 0 radical (unpaired) electrons. The van der Waals surface area contributed by atoms with Gasteiger partial charge in [-0.05, 0) is 31.0 Å². The molecule has 4 N–H and O–H groups in total. The zero-order valence-electron chi connectivity index (χ0n) is 10.7. The summed E-state index contributed by atoms with van der Waals surface area (Å²) in [6.07, 6.45) is 1.03. The van der Waals surface area contributed by atoms with E-state index in [9.17, 15) is 14.3 Å². The minimum Gasteiger partial charge on any atom is -0.399 e. The van der Waals surface area contributed by atoms with Crippen molar-refractivity contribution < 1.29 is 14.3 Å². The van der Waals surface area contributed by atoms with Gasteiger partial charge in [0.15, 0.2) is 0 Å². The Morgan fingerprint density at radius 3 is 2.61 bits per heavy atom. The van der Waals surface area contributed by atoms with Gasteiger partial charge in [0.05, 0.1) is 11.2 Å². The van der Waals surface area contributed by atoms with Crippen LogP contribution in [0.2, 0.25) is 0 Å². The molecule has 0 heterocycles. The van der Waals surface area contributed by atoms with E-state index in [1.165, 1.54) is 12.1 Å². The molecule has 4 nitrogen and oxygen atoms in total. The van der Waals surface area contributed by atoms with Crippen LogP contribution in [0.3, 0.4) is 0 Å². The van der Waals surface area contributed by atoms with Gasteiger partial charge >= 0.3 is 0 Å². The number of carbonyl (C=O) groups is 1. The van der Waals surface area contributed by atoms with Gasteiger partial charge in [-0.15, -0.1) is 0 Å². The van der Waals surface area contributed by atoms with Crippen LogP contribution < -0.4 is 11.1 Å². The molecule has 0 aromatic heterocycles. The normalized spacial score (nSPS) is 11.3. The Bertz CT molecular complexity index is 431. The molecule has 0 bridgehead atoms. The lowest BCUT2D eigenvalue weighted by molar-refractivity contribution is 0.0313. The molecule has 1 amide bonds.